The monoisotopic (exact) mass is 272 g/mol. The number of hydrogen-bond acceptors (Lipinski definition) is 1. The van der Waals surface area contributed by atoms with Crippen molar-refractivity contribution in [2.24, 2.45) is 0 Å². The molecule has 2 heteroatoms. The van der Waals surface area contributed by atoms with Crippen molar-refractivity contribution in [2.45, 2.75) is 13.8 Å². The van der Waals surface area contributed by atoms with Crippen molar-refractivity contribution < 1.29 is 4.79 Å². The number of carbonyl (C=O) groups excluding carboxylic acids is 1. The Morgan fingerprint density at radius 3 is 1.42 bits per heavy atom. The predicted octanol–water partition coefficient (Wildman–Crippen LogP) is 3.42. The van der Waals surface area contributed by atoms with Gasteiger partial charge in [0.2, 0.25) is 0 Å². The first kappa shape index (κ1) is 14.0. The Bertz CT molecular complexity index is 500. The fourth-order valence-corrected chi connectivity index (χ4v) is 7.55. The molecule has 100 valence electrons. The van der Waals surface area contributed by atoms with E-state index in [2.05, 4.69) is 38.1 Å². The molecular weight excluding hydrogens is 251 g/mol. The van der Waals surface area contributed by atoms with E-state index in [0.717, 1.165) is 12.3 Å². The van der Waals surface area contributed by atoms with E-state index in [4.69, 9.17) is 0 Å². The Morgan fingerprint density at radius 2 is 1.16 bits per heavy atom. The van der Waals surface area contributed by atoms with E-state index in [9.17, 15) is 4.79 Å². The molecular formula is C17H21OP. The van der Waals surface area contributed by atoms with Gasteiger partial charge in [-0.2, -0.15) is 0 Å². The average molecular weight is 272 g/mol. The molecule has 0 aliphatic heterocycles. The molecule has 0 fully saturated rings. The molecule has 2 aromatic carbocycles. The normalized spacial score (nSPS) is 13.5. The Balaban J connectivity index is 2.81. The van der Waals surface area contributed by atoms with Gasteiger partial charge in [0.15, 0.2) is 0 Å². The van der Waals surface area contributed by atoms with Crippen molar-refractivity contribution in [2.75, 3.05) is 12.3 Å². The van der Waals surface area contributed by atoms with Crippen molar-refractivity contribution >= 4 is 23.2 Å². The van der Waals surface area contributed by atoms with Gasteiger partial charge in [-0.3, -0.25) is 0 Å². The molecule has 0 bridgehead atoms. The first-order valence-electron chi connectivity index (χ1n) is 6.81. The third-order valence-corrected chi connectivity index (χ3v) is 11.1. The summed E-state index contributed by atoms with van der Waals surface area (Å²) in [6, 6.07) is 21.9. The van der Waals surface area contributed by atoms with Crippen molar-refractivity contribution in [3.8, 4) is 0 Å². The maximum atomic E-state index is 12.3. The Morgan fingerprint density at radius 1 is 0.789 bits per heavy atom. The van der Waals surface area contributed by atoms with Crippen molar-refractivity contribution in [3.63, 3.8) is 0 Å². The molecule has 0 aromatic heterocycles. The number of hydrogen-bond donors (Lipinski definition) is 0. The topological polar surface area (TPSA) is 17.1 Å². The van der Waals surface area contributed by atoms with E-state index in [1.807, 2.05) is 36.4 Å². The van der Waals surface area contributed by atoms with Gasteiger partial charge in [0.1, 0.15) is 0 Å². The molecule has 0 saturated heterocycles. The summed E-state index contributed by atoms with van der Waals surface area (Å²) >= 11 is 0. The van der Waals surface area contributed by atoms with Crippen LogP contribution in [-0.4, -0.2) is 18.4 Å². The van der Waals surface area contributed by atoms with Crippen LogP contribution in [0.4, 0.5) is 0 Å². The molecule has 0 unspecified atom stereocenters. The fourth-order valence-electron chi connectivity index (χ4n) is 2.97. The Hall–Kier alpha value is -1.46. The molecule has 1 nitrogen and oxygen atoms in total. The summed E-state index contributed by atoms with van der Waals surface area (Å²) in [7, 11) is 0. The zero-order chi connectivity index (χ0) is 13.8. The number of rotatable bonds is 5. The second-order valence-electron chi connectivity index (χ2n) is 5.00. The number of benzene rings is 2. The summed E-state index contributed by atoms with van der Waals surface area (Å²) in [5, 5.41) is 2.42. The van der Waals surface area contributed by atoms with Gasteiger partial charge in [-0.05, 0) is 0 Å². The molecule has 0 heterocycles. The minimum absolute atomic E-state index is 0.889. The zero-order valence-corrected chi connectivity index (χ0v) is 12.5. The predicted molar refractivity (Wildman–Crippen MR) is 86.9 cm³/mol. The Labute approximate surface area is 115 Å². The average Bonchev–Trinajstić information content (AvgIpc) is 2.53. The standard InChI is InChI=1S/C17H21OP/c1-3-19(4-2,15-18,16-11-7-5-8-12-16)17-13-9-6-10-14-17/h5-15H,3-4H2,1-2H3. The summed E-state index contributed by atoms with van der Waals surface area (Å²) in [6.07, 6.45) is 1.78. The van der Waals surface area contributed by atoms with Gasteiger partial charge in [-0.1, -0.05) is 0 Å². The van der Waals surface area contributed by atoms with Crippen LogP contribution in [0, 0.1) is 0 Å². The van der Waals surface area contributed by atoms with Crippen molar-refractivity contribution in [1.82, 2.24) is 0 Å². The fraction of sp³-hybridized carbons (Fsp3) is 0.235. The minimum atomic E-state index is -2.69. The van der Waals surface area contributed by atoms with Gasteiger partial charge in [-0.15, -0.1) is 0 Å². The van der Waals surface area contributed by atoms with E-state index in [1.54, 1.807) is 0 Å². The third kappa shape index (κ3) is 1.93. The molecule has 0 saturated carbocycles. The quantitative estimate of drug-likeness (QED) is 0.602. The second kappa shape index (κ2) is 5.27. The van der Waals surface area contributed by atoms with Gasteiger partial charge in [0.25, 0.3) is 0 Å². The van der Waals surface area contributed by atoms with Crippen LogP contribution in [0.15, 0.2) is 60.7 Å². The molecule has 0 aliphatic rings. The number of carbonyl (C=O) groups is 1. The second-order valence-corrected chi connectivity index (χ2v) is 10.7. The molecule has 2 aromatic rings. The first-order chi connectivity index (χ1) is 9.22. The van der Waals surface area contributed by atoms with E-state index >= 15 is 0 Å². The van der Waals surface area contributed by atoms with Crippen LogP contribution in [0.2, 0.25) is 0 Å². The van der Waals surface area contributed by atoms with E-state index in [0.29, 0.717) is 0 Å². The van der Waals surface area contributed by atoms with Gasteiger partial charge in [-0.25, -0.2) is 0 Å². The van der Waals surface area contributed by atoms with Crippen LogP contribution < -0.4 is 10.6 Å². The summed E-state index contributed by atoms with van der Waals surface area (Å²) < 4.78 is 0. The van der Waals surface area contributed by atoms with Crippen molar-refractivity contribution in [3.05, 3.63) is 60.7 Å². The van der Waals surface area contributed by atoms with Gasteiger partial charge < -0.3 is 0 Å². The first-order valence-corrected chi connectivity index (χ1v) is 9.48. The van der Waals surface area contributed by atoms with Crippen LogP contribution in [0.5, 0.6) is 0 Å². The maximum absolute atomic E-state index is 12.3. The van der Waals surface area contributed by atoms with Gasteiger partial charge in [0, 0.05) is 0 Å². The molecule has 0 amide bonds. The van der Waals surface area contributed by atoms with Crippen molar-refractivity contribution in [1.29, 1.82) is 0 Å². The molecule has 19 heavy (non-hydrogen) atoms. The third-order valence-electron chi connectivity index (χ3n) is 4.50. The molecule has 0 spiro atoms. The van der Waals surface area contributed by atoms with Crippen LogP contribution in [0.25, 0.3) is 0 Å². The van der Waals surface area contributed by atoms with E-state index < -0.39 is 6.60 Å². The van der Waals surface area contributed by atoms with Crippen LogP contribution >= 0.6 is 6.60 Å². The summed E-state index contributed by atoms with van der Waals surface area (Å²) in [5.74, 6) is 0. The summed E-state index contributed by atoms with van der Waals surface area (Å²) in [5.41, 5.74) is 0. The molecule has 0 N–H and O–H groups in total. The molecule has 0 atom stereocenters. The molecule has 2 rings (SSSR count). The summed E-state index contributed by atoms with van der Waals surface area (Å²) in [4.78, 5) is 12.3. The molecule has 0 aliphatic carbocycles. The van der Waals surface area contributed by atoms with E-state index in [-0.39, 0.29) is 0 Å². The van der Waals surface area contributed by atoms with Crippen LogP contribution in [0.1, 0.15) is 13.8 Å². The van der Waals surface area contributed by atoms with E-state index in [1.165, 1.54) is 16.6 Å². The zero-order valence-electron chi connectivity index (χ0n) is 11.6. The van der Waals surface area contributed by atoms with Crippen LogP contribution in [0.3, 0.4) is 0 Å². The summed E-state index contributed by atoms with van der Waals surface area (Å²) in [6.45, 7) is 1.61. The van der Waals surface area contributed by atoms with Gasteiger partial charge >= 0.3 is 115 Å². The SMILES string of the molecule is CCP(C=O)(CC)(c1ccccc1)c1ccccc1. The Kier molecular flexibility index (Phi) is 3.87. The van der Waals surface area contributed by atoms with Crippen LogP contribution in [-0.2, 0) is 4.79 Å². The molecule has 0 radical (unpaired) electrons. The van der Waals surface area contributed by atoms with Gasteiger partial charge in [0.05, 0.1) is 0 Å².